The average molecular weight is 366 g/mol. The smallest absolute Gasteiger partial charge is 0.233 e. The lowest BCUT2D eigenvalue weighted by Gasteiger charge is -2.28. The van der Waals surface area contributed by atoms with E-state index in [9.17, 15) is 4.79 Å². The van der Waals surface area contributed by atoms with Crippen molar-refractivity contribution in [2.24, 2.45) is 0 Å². The summed E-state index contributed by atoms with van der Waals surface area (Å²) in [6.45, 7) is 5.80. The van der Waals surface area contributed by atoms with Crippen LogP contribution in [0.15, 0.2) is 32.9 Å². The van der Waals surface area contributed by atoms with Crippen LogP contribution in [0.3, 0.4) is 0 Å². The molecule has 0 bridgehead atoms. The Bertz CT molecular complexity index is 687. The first-order valence-corrected chi connectivity index (χ1v) is 10.3. The summed E-state index contributed by atoms with van der Waals surface area (Å²) in [5, 5.41) is 8.82. The van der Waals surface area contributed by atoms with Gasteiger partial charge in [0.2, 0.25) is 5.91 Å². The third-order valence-corrected chi connectivity index (χ3v) is 6.66. The first-order valence-electron chi connectivity index (χ1n) is 7.59. The molecule has 0 saturated heterocycles. The molecule has 0 N–H and O–H groups in total. The molecule has 1 aliphatic heterocycles. The van der Waals surface area contributed by atoms with E-state index < -0.39 is 0 Å². The van der Waals surface area contributed by atoms with Crippen LogP contribution in [0, 0.1) is 0 Å². The Morgan fingerprint density at radius 2 is 2.00 bits per heavy atom. The highest BCUT2D eigenvalue weighted by atomic mass is 32.2. The lowest BCUT2D eigenvalue weighted by Crippen LogP contribution is -2.37. The standard InChI is InChI=1S/C16H19N3OS3/c1-11(2)22-16-18-17-15(23-16)21-10-14(20)19-8-7-12-5-3-4-6-13(12)9-19/h3-6,11H,7-10H2,1-2H3. The van der Waals surface area contributed by atoms with Gasteiger partial charge >= 0.3 is 0 Å². The summed E-state index contributed by atoms with van der Waals surface area (Å²) >= 11 is 4.77. The van der Waals surface area contributed by atoms with Crippen molar-refractivity contribution in [3.05, 3.63) is 35.4 Å². The SMILES string of the molecule is CC(C)Sc1nnc(SCC(=O)N2CCc3ccccc3C2)s1. The highest BCUT2D eigenvalue weighted by Gasteiger charge is 2.20. The molecule has 0 unspecified atom stereocenters. The van der Waals surface area contributed by atoms with Gasteiger partial charge in [-0.1, -0.05) is 73.0 Å². The number of aromatic nitrogens is 2. The fourth-order valence-corrected chi connectivity index (χ4v) is 5.57. The number of benzene rings is 1. The van der Waals surface area contributed by atoms with E-state index in [1.807, 2.05) is 11.0 Å². The Morgan fingerprint density at radius 3 is 2.78 bits per heavy atom. The van der Waals surface area contributed by atoms with Gasteiger partial charge in [0.05, 0.1) is 5.75 Å². The Balaban J connectivity index is 1.53. The molecular weight excluding hydrogens is 346 g/mol. The minimum absolute atomic E-state index is 0.178. The number of thioether (sulfide) groups is 2. The summed E-state index contributed by atoms with van der Waals surface area (Å²) in [5.74, 6) is 0.612. The van der Waals surface area contributed by atoms with E-state index in [4.69, 9.17) is 0 Å². The average Bonchev–Trinajstić information content (AvgIpc) is 2.98. The predicted molar refractivity (Wildman–Crippen MR) is 97.2 cm³/mol. The highest BCUT2D eigenvalue weighted by Crippen LogP contribution is 2.31. The van der Waals surface area contributed by atoms with E-state index in [0.29, 0.717) is 11.0 Å². The number of carbonyl (C=O) groups excluding carboxylic acids is 1. The lowest BCUT2D eigenvalue weighted by molar-refractivity contribution is -0.129. The molecule has 4 nitrogen and oxygen atoms in total. The number of amides is 1. The number of carbonyl (C=O) groups is 1. The van der Waals surface area contributed by atoms with Gasteiger partial charge in [-0.15, -0.1) is 10.2 Å². The summed E-state index contributed by atoms with van der Waals surface area (Å²) in [6.07, 6.45) is 0.945. The van der Waals surface area contributed by atoms with Crippen LogP contribution in [0.2, 0.25) is 0 Å². The van der Waals surface area contributed by atoms with Crippen LogP contribution in [-0.2, 0) is 17.8 Å². The second-order valence-electron chi connectivity index (χ2n) is 5.62. The van der Waals surface area contributed by atoms with Crippen molar-refractivity contribution in [2.75, 3.05) is 12.3 Å². The molecule has 23 heavy (non-hydrogen) atoms. The summed E-state index contributed by atoms with van der Waals surface area (Å²) in [6, 6.07) is 8.37. The molecule has 1 aliphatic rings. The largest absolute Gasteiger partial charge is 0.337 e. The van der Waals surface area contributed by atoms with Crippen molar-refractivity contribution in [3.63, 3.8) is 0 Å². The van der Waals surface area contributed by atoms with Crippen LogP contribution in [-0.4, -0.2) is 38.6 Å². The van der Waals surface area contributed by atoms with Crippen molar-refractivity contribution in [2.45, 2.75) is 40.7 Å². The molecule has 0 atom stereocenters. The number of hydrogen-bond acceptors (Lipinski definition) is 6. The van der Waals surface area contributed by atoms with Crippen LogP contribution in [0.1, 0.15) is 25.0 Å². The van der Waals surface area contributed by atoms with Crippen molar-refractivity contribution < 1.29 is 4.79 Å². The molecule has 2 aromatic rings. The van der Waals surface area contributed by atoms with Gasteiger partial charge in [-0.05, 0) is 17.5 Å². The van der Waals surface area contributed by atoms with Gasteiger partial charge in [0.25, 0.3) is 0 Å². The van der Waals surface area contributed by atoms with Crippen molar-refractivity contribution in [1.29, 1.82) is 0 Å². The third kappa shape index (κ3) is 4.49. The van der Waals surface area contributed by atoms with Gasteiger partial charge in [-0.25, -0.2) is 0 Å². The van der Waals surface area contributed by atoms with Gasteiger partial charge in [-0.3, -0.25) is 4.79 Å². The van der Waals surface area contributed by atoms with E-state index in [0.717, 1.165) is 28.2 Å². The molecule has 0 aliphatic carbocycles. The molecule has 0 spiro atoms. The van der Waals surface area contributed by atoms with Crippen LogP contribution in [0.4, 0.5) is 0 Å². The number of hydrogen-bond donors (Lipinski definition) is 0. The maximum atomic E-state index is 12.4. The minimum Gasteiger partial charge on any atom is -0.337 e. The van der Waals surface area contributed by atoms with Crippen LogP contribution in [0.5, 0.6) is 0 Å². The Kier molecular flexibility index (Phi) is 5.61. The molecule has 1 aromatic heterocycles. The Labute approximate surface area is 149 Å². The van der Waals surface area contributed by atoms with Crippen molar-refractivity contribution in [1.82, 2.24) is 15.1 Å². The van der Waals surface area contributed by atoms with Crippen molar-refractivity contribution >= 4 is 40.8 Å². The van der Waals surface area contributed by atoms with Gasteiger partial charge in [0.1, 0.15) is 0 Å². The number of nitrogens with zero attached hydrogens (tertiary/aromatic N) is 3. The molecular formula is C16H19N3OS3. The zero-order valence-electron chi connectivity index (χ0n) is 13.2. The summed E-state index contributed by atoms with van der Waals surface area (Å²) in [7, 11) is 0. The van der Waals surface area contributed by atoms with Crippen LogP contribution < -0.4 is 0 Å². The number of fused-ring (bicyclic) bond motifs is 1. The molecule has 122 valence electrons. The van der Waals surface area contributed by atoms with Gasteiger partial charge in [-0.2, -0.15) is 0 Å². The Hall–Kier alpha value is -1.05. The summed E-state index contributed by atoms with van der Waals surface area (Å²) in [4.78, 5) is 14.4. The maximum Gasteiger partial charge on any atom is 0.233 e. The molecule has 1 amide bonds. The second-order valence-corrected chi connectivity index (χ2v) is 9.65. The van der Waals surface area contributed by atoms with Crippen LogP contribution in [0.25, 0.3) is 0 Å². The molecule has 7 heteroatoms. The molecule has 3 rings (SSSR count). The van der Waals surface area contributed by atoms with E-state index in [1.165, 1.54) is 22.9 Å². The molecule has 0 fully saturated rings. The summed E-state index contributed by atoms with van der Waals surface area (Å²) < 4.78 is 1.85. The van der Waals surface area contributed by atoms with E-state index in [-0.39, 0.29) is 5.91 Å². The highest BCUT2D eigenvalue weighted by molar-refractivity contribution is 8.03. The van der Waals surface area contributed by atoms with Gasteiger partial charge in [0, 0.05) is 18.3 Å². The normalized spacial score (nSPS) is 14.1. The fraction of sp³-hybridized carbons (Fsp3) is 0.438. The van der Waals surface area contributed by atoms with Crippen LogP contribution >= 0.6 is 34.9 Å². The zero-order valence-corrected chi connectivity index (χ0v) is 15.6. The molecule has 1 aromatic carbocycles. The van der Waals surface area contributed by atoms with Gasteiger partial charge < -0.3 is 4.90 Å². The van der Waals surface area contributed by atoms with E-state index in [2.05, 4.69) is 42.2 Å². The topological polar surface area (TPSA) is 46.1 Å². The molecule has 2 heterocycles. The summed E-state index contributed by atoms with van der Waals surface area (Å²) in [5.41, 5.74) is 2.63. The maximum absolute atomic E-state index is 12.4. The van der Waals surface area contributed by atoms with E-state index in [1.54, 1.807) is 23.1 Å². The fourth-order valence-electron chi connectivity index (χ4n) is 2.43. The number of rotatable bonds is 5. The zero-order chi connectivity index (χ0) is 16.2. The van der Waals surface area contributed by atoms with Gasteiger partial charge in [0.15, 0.2) is 8.68 Å². The quantitative estimate of drug-likeness (QED) is 0.756. The minimum atomic E-state index is 0.178. The lowest BCUT2D eigenvalue weighted by atomic mass is 10.00. The van der Waals surface area contributed by atoms with E-state index >= 15 is 0 Å². The molecule has 0 radical (unpaired) electrons. The predicted octanol–water partition coefficient (Wildman–Crippen LogP) is 3.72. The first-order chi connectivity index (χ1) is 11.1. The first kappa shape index (κ1) is 16.8. The van der Waals surface area contributed by atoms with Crippen molar-refractivity contribution in [3.8, 4) is 0 Å². The monoisotopic (exact) mass is 365 g/mol. The Morgan fingerprint density at radius 1 is 1.26 bits per heavy atom. The molecule has 0 saturated carbocycles. The second kappa shape index (κ2) is 7.68. The third-order valence-electron chi connectivity index (χ3n) is 3.53.